The Kier molecular flexibility index (Phi) is 6.89. The number of aromatic nitrogens is 3. The molecule has 2 aromatic rings. The summed E-state index contributed by atoms with van der Waals surface area (Å²) < 4.78 is 11.5. The summed E-state index contributed by atoms with van der Waals surface area (Å²) in [4.78, 5) is 15.9. The van der Waals surface area contributed by atoms with Gasteiger partial charge in [-0.2, -0.15) is 0 Å². The predicted octanol–water partition coefficient (Wildman–Crippen LogP) is 3.75. The first-order valence-corrected chi connectivity index (χ1v) is 9.13. The molecule has 7 nitrogen and oxygen atoms in total. The van der Waals surface area contributed by atoms with E-state index in [2.05, 4.69) is 31.1 Å². The molecule has 134 valence electrons. The van der Waals surface area contributed by atoms with Crippen LogP contribution in [0.15, 0.2) is 26.7 Å². The lowest BCUT2D eigenvalue weighted by molar-refractivity contribution is -0.131. The van der Waals surface area contributed by atoms with Crippen LogP contribution in [0, 0.1) is 0 Å². The van der Waals surface area contributed by atoms with E-state index in [0.717, 1.165) is 11.8 Å². The Balaban J connectivity index is 2.37. The summed E-state index contributed by atoms with van der Waals surface area (Å²) in [6.07, 6.45) is 2.24. The van der Waals surface area contributed by atoms with E-state index in [1.54, 1.807) is 25.3 Å². The Bertz CT molecular complexity index is 792. The average molecular weight is 428 g/mol. The van der Waals surface area contributed by atoms with E-state index in [0.29, 0.717) is 45.5 Å². The van der Waals surface area contributed by atoms with Crippen molar-refractivity contribution in [2.45, 2.75) is 25.4 Å². The summed E-state index contributed by atoms with van der Waals surface area (Å²) in [5, 5.41) is 16.6. The molecule has 0 saturated heterocycles. The molecular formula is C16H18BrN3O4S. The lowest BCUT2D eigenvalue weighted by Gasteiger charge is -2.12. The molecule has 25 heavy (non-hydrogen) atoms. The predicted molar refractivity (Wildman–Crippen MR) is 99.1 cm³/mol. The summed E-state index contributed by atoms with van der Waals surface area (Å²) in [5.41, 5.74) is 0.660. The van der Waals surface area contributed by atoms with Crippen LogP contribution in [0.1, 0.15) is 25.2 Å². The van der Waals surface area contributed by atoms with Crippen molar-refractivity contribution in [2.75, 3.05) is 13.7 Å². The first-order chi connectivity index (χ1) is 12.0. The van der Waals surface area contributed by atoms with Gasteiger partial charge in [0.25, 0.3) is 0 Å². The molecule has 0 bridgehead atoms. The molecule has 1 heterocycles. The molecule has 0 amide bonds. The third-order valence-corrected chi connectivity index (χ3v) is 4.56. The number of methoxy groups -OCH3 is 1. The number of thioether (sulfide) groups is 1. The molecule has 1 aromatic carbocycles. The van der Waals surface area contributed by atoms with Crippen molar-refractivity contribution >= 4 is 39.7 Å². The summed E-state index contributed by atoms with van der Waals surface area (Å²) in [6.45, 7) is 4.27. The minimum absolute atomic E-state index is 0.0983. The van der Waals surface area contributed by atoms with Crippen molar-refractivity contribution in [3.63, 3.8) is 0 Å². The normalized spacial score (nSPS) is 11.4. The fourth-order valence-electron chi connectivity index (χ4n) is 2.00. The number of carboxylic acid groups (broad SMARTS) is 1. The maximum absolute atomic E-state index is 11.6. The van der Waals surface area contributed by atoms with Crippen LogP contribution in [-0.4, -0.2) is 40.0 Å². The van der Waals surface area contributed by atoms with Gasteiger partial charge >= 0.3 is 5.97 Å². The Morgan fingerprint density at radius 2 is 2.20 bits per heavy atom. The summed E-state index contributed by atoms with van der Waals surface area (Å²) in [7, 11) is 1.55. The number of halogens is 1. The van der Waals surface area contributed by atoms with E-state index >= 15 is 0 Å². The van der Waals surface area contributed by atoms with Crippen LogP contribution in [0.5, 0.6) is 11.5 Å². The summed E-state index contributed by atoms with van der Waals surface area (Å²) >= 11 is 4.40. The molecule has 0 aliphatic carbocycles. The minimum Gasteiger partial charge on any atom is -0.492 e. The zero-order chi connectivity index (χ0) is 18.4. The van der Waals surface area contributed by atoms with Gasteiger partial charge in [-0.15, -0.1) is 5.10 Å². The smallest absolute Gasteiger partial charge is 0.342 e. The monoisotopic (exact) mass is 427 g/mol. The lowest BCUT2D eigenvalue weighted by atomic mass is 10.2. The minimum atomic E-state index is -1.06. The molecule has 0 radical (unpaired) electrons. The van der Waals surface area contributed by atoms with Gasteiger partial charge in [0.1, 0.15) is 10.7 Å². The van der Waals surface area contributed by atoms with Gasteiger partial charge < -0.3 is 14.6 Å². The number of H-pyrrole nitrogens is 1. The lowest BCUT2D eigenvalue weighted by Crippen LogP contribution is -1.99. The van der Waals surface area contributed by atoms with Crippen LogP contribution < -0.4 is 9.47 Å². The van der Waals surface area contributed by atoms with Crippen molar-refractivity contribution in [3.8, 4) is 11.5 Å². The van der Waals surface area contributed by atoms with E-state index in [1.807, 2.05) is 13.8 Å². The van der Waals surface area contributed by atoms with Crippen LogP contribution >= 0.6 is 27.7 Å². The molecule has 0 spiro atoms. The van der Waals surface area contributed by atoms with E-state index < -0.39 is 5.97 Å². The number of nitrogens with zero attached hydrogens (tertiary/aromatic N) is 2. The molecule has 0 aliphatic heterocycles. The summed E-state index contributed by atoms with van der Waals surface area (Å²) in [5.74, 6) is 0.743. The number of rotatable bonds is 8. The van der Waals surface area contributed by atoms with E-state index in [1.165, 1.54) is 0 Å². The number of aromatic amines is 1. The second-order valence-electron chi connectivity index (χ2n) is 4.80. The highest BCUT2D eigenvalue weighted by atomic mass is 79.9. The van der Waals surface area contributed by atoms with Gasteiger partial charge in [0.15, 0.2) is 11.5 Å². The van der Waals surface area contributed by atoms with Crippen molar-refractivity contribution in [3.05, 3.63) is 32.9 Å². The van der Waals surface area contributed by atoms with Crippen molar-refractivity contribution in [2.24, 2.45) is 0 Å². The number of aryl methyl sites for hydroxylation is 1. The standard InChI is InChI=1S/C16H18BrN3O4S/c1-4-13-18-16(20-19-13)25-12(15(21)22)8-9-6-10(17)14(23-3)11(7-9)24-5-2/h6-8H,4-5H2,1-3H3,(H,21,22)(H,18,19,20)/b12-8-. The van der Waals surface area contributed by atoms with Gasteiger partial charge in [0, 0.05) is 6.42 Å². The molecule has 0 unspecified atom stereocenters. The second-order valence-corrected chi connectivity index (χ2v) is 6.66. The van der Waals surface area contributed by atoms with Crippen LogP contribution in [0.4, 0.5) is 0 Å². The highest BCUT2D eigenvalue weighted by Crippen LogP contribution is 2.38. The fraction of sp³-hybridized carbons (Fsp3) is 0.312. The van der Waals surface area contributed by atoms with Gasteiger partial charge in [-0.25, -0.2) is 9.78 Å². The zero-order valence-electron chi connectivity index (χ0n) is 14.0. The van der Waals surface area contributed by atoms with Crippen molar-refractivity contribution in [1.82, 2.24) is 15.2 Å². The van der Waals surface area contributed by atoms with Crippen LogP contribution in [0.2, 0.25) is 0 Å². The van der Waals surface area contributed by atoms with Crippen LogP contribution in [-0.2, 0) is 11.2 Å². The number of hydrogen-bond donors (Lipinski definition) is 2. The van der Waals surface area contributed by atoms with Gasteiger partial charge in [-0.3, -0.25) is 5.10 Å². The molecule has 0 fully saturated rings. The Labute approximate surface area is 158 Å². The third kappa shape index (κ3) is 4.99. The molecule has 1 aromatic heterocycles. The Morgan fingerprint density at radius 1 is 1.44 bits per heavy atom. The van der Waals surface area contributed by atoms with Crippen molar-refractivity contribution in [1.29, 1.82) is 0 Å². The fourth-order valence-corrected chi connectivity index (χ4v) is 3.35. The molecule has 2 rings (SSSR count). The number of benzene rings is 1. The maximum Gasteiger partial charge on any atom is 0.342 e. The number of carbonyl (C=O) groups is 1. The molecule has 9 heteroatoms. The molecule has 0 saturated carbocycles. The SMILES string of the molecule is CCOc1cc(/C=C(\Sc2n[nH]c(CC)n2)C(=O)O)cc(Br)c1OC. The molecule has 0 atom stereocenters. The van der Waals surface area contributed by atoms with Crippen LogP contribution in [0.3, 0.4) is 0 Å². The second kappa shape index (κ2) is 8.91. The first-order valence-electron chi connectivity index (χ1n) is 7.52. The van der Waals surface area contributed by atoms with Gasteiger partial charge in [-0.05, 0) is 58.4 Å². The molecule has 2 N–H and O–H groups in total. The number of ether oxygens (including phenoxy) is 2. The number of carboxylic acids is 1. The third-order valence-electron chi connectivity index (χ3n) is 3.09. The number of hydrogen-bond acceptors (Lipinski definition) is 6. The largest absolute Gasteiger partial charge is 0.492 e. The first kappa shape index (κ1) is 19.3. The van der Waals surface area contributed by atoms with Crippen molar-refractivity contribution < 1.29 is 19.4 Å². The Morgan fingerprint density at radius 3 is 2.76 bits per heavy atom. The Hall–Kier alpha value is -2.00. The summed E-state index contributed by atoms with van der Waals surface area (Å²) in [6, 6.07) is 3.49. The van der Waals surface area contributed by atoms with E-state index in [-0.39, 0.29) is 4.91 Å². The van der Waals surface area contributed by atoms with Gasteiger partial charge in [0.2, 0.25) is 5.16 Å². The molecule has 0 aliphatic rings. The highest BCUT2D eigenvalue weighted by molar-refractivity contribution is 9.10. The van der Waals surface area contributed by atoms with Gasteiger partial charge in [-0.1, -0.05) is 6.92 Å². The average Bonchev–Trinajstić information content (AvgIpc) is 3.02. The maximum atomic E-state index is 11.6. The number of aliphatic carboxylic acids is 1. The van der Waals surface area contributed by atoms with E-state index in [4.69, 9.17) is 9.47 Å². The van der Waals surface area contributed by atoms with Crippen LogP contribution in [0.25, 0.3) is 6.08 Å². The van der Waals surface area contributed by atoms with Gasteiger partial charge in [0.05, 0.1) is 18.2 Å². The van der Waals surface area contributed by atoms with E-state index in [9.17, 15) is 9.90 Å². The number of nitrogens with one attached hydrogen (secondary N) is 1. The molecular weight excluding hydrogens is 410 g/mol. The zero-order valence-corrected chi connectivity index (χ0v) is 16.4. The quantitative estimate of drug-likeness (QED) is 0.488. The highest BCUT2D eigenvalue weighted by Gasteiger charge is 2.15. The topological polar surface area (TPSA) is 97.3 Å².